The monoisotopic (exact) mass is 214 g/mol. The molecule has 2 heterocycles. The topological polar surface area (TPSA) is 59.6 Å². The van der Waals surface area contributed by atoms with Gasteiger partial charge in [0.05, 0.1) is 25.9 Å². The van der Waals surface area contributed by atoms with Gasteiger partial charge in [0, 0.05) is 13.0 Å². The number of ether oxygens (including phenoxy) is 2. The molecule has 1 amide bonds. The van der Waals surface area contributed by atoms with E-state index in [2.05, 4.69) is 10.6 Å². The van der Waals surface area contributed by atoms with Gasteiger partial charge in [-0.25, -0.2) is 0 Å². The van der Waals surface area contributed by atoms with Crippen LogP contribution in [0, 0.1) is 5.92 Å². The van der Waals surface area contributed by atoms with E-state index in [1.165, 1.54) is 0 Å². The zero-order valence-electron chi connectivity index (χ0n) is 8.83. The molecule has 0 aromatic carbocycles. The van der Waals surface area contributed by atoms with Crippen LogP contribution in [-0.2, 0) is 14.3 Å². The van der Waals surface area contributed by atoms with E-state index in [9.17, 15) is 4.79 Å². The summed E-state index contributed by atoms with van der Waals surface area (Å²) < 4.78 is 10.7. The normalized spacial score (nSPS) is 27.1. The van der Waals surface area contributed by atoms with E-state index in [4.69, 9.17) is 9.47 Å². The first-order chi connectivity index (χ1) is 7.34. The molecule has 1 atom stereocenters. The fourth-order valence-electron chi connectivity index (χ4n) is 1.71. The van der Waals surface area contributed by atoms with Crippen molar-refractivity contribution in [3.8, 4) is 0 Å². The van der Waals surface area contributed by atoms with E-state index >= 15 is 0 Å². The molecule has 0 radical (unpaired) electrons. The first-order valence-corrected chi connectivity index (χ1v) is 5.51. The minimum Gasteiger partial charge on any atom is -0.376 e. The third kappa shape index (κ3) is 3.44. The largest absolute Gasteiger partial charge is 0.376 e. The van der Waals surface area contributed by atoms with Gasteiger partial charge in [-0.3, -0.25) is 4.79 Å². The zero-order chi connectivity index (χ0) is 10.5. The summed E-state index contributed by atoms with van der Waals surface area (Å²) in [6, 6.07) is 0. The van der Waals surface area contributed by atoms with Crippen molar-refractivity contribution in [3.05, 3.63) is 0 Å². The molecule has 2 fully saturated rings. The highest BCUT2D eigenvalue weighted by Gasteiger charge is 2.21. The Morgan fingerprint density at radius 1 is 1.40 bits per heavy atom. The van der Waals surface area contributed by atoms with Gasteiger partial charge in [-0.15, -0.1) is 0 Å². The van der Waals surface area contributed by atoms with Crippen LogP contribution in [0.3, 0.4) is 0 Å². The zero-order valence-corrected chi connectivity index (χ0v) is 8.83. The smallest absolute Gasteiger partial charge is 0.220 e. The lowest BCUT2D eigenvalue weighted by molar-refractivity contribution is -0.125. The van der Waals surface area contributed by atoms with Crippen molar-refractivity contribution < 1.29 is 14.3 Å². The van der Waals surface area contributed by atoms with Gasteiger partial charge in [0.25, 0.3) is 0 Å². The Morgan fingerprint density at radius 3 is 2.87 bits per heavy atom. The number of hydrogen-bond acceptors (Lipinski definition) is 4. The van der Waals surface area contributed by atoms with Crippen LogP contribution in [0.15, 0.2) is 0 Å². The van der Waals surface area contributed by atoms with E-state index in [-0.39, 0.29) is 12.0 Å². The molecular weight excluding hydrogens is 196 g/mol. The number of carbonyl (C=O) groups is 1. The summed E-state index contributed by atoms with van der Waals surface area (Å²) in [7, 11) is 0. The van der Waals surface area contributed by atoms with Crippen molar-refractivity contribution in [2.24, 2.45) is 5.92 Å². The summed E-state index contributed by atoms with van der Waals surface area (Å²) in [5.74, 6) is 0.643. The van der Waals surface area contributed by atoms with E-state index in [0.717, 1.165) is 13.1 Å². The van der Waals surface area contributed by atoms with Crippen molar-refractivity contribution >= 4 is 5.91 Å². The molecule has 2 aliphatic rings. The van der Waals surface area contributed by atoms with Crippen molar-refractivity contribution in [2.45, 2.75) is 12.5 Å². The molecule has 0 aromatic heterocycles. The van der Waals surface area contributed by atoms with Crippen LogP contribution in [0.4, 0.5) is 0 Å². The molecule has 0 spiro atoms. The van der Waals surface area contributed by atoms with Crippen LogP contribution in [0.5, 0.6) is 0 Å². The lowest BCUT2D eigenvalue weighted by atomic mass is 9.99. The second kappa shape index (κ2) is 5.44. The van der Waals surface area contributed by atoms with Crippen LogP contribution in [0.1, 0.15) is 6.42 Å². The number of nitrogens with one attached hydrogen (secondary N) is 2. The van der Waals surface area contributed by atoms with Gasteiger partial charge in [0.15, 0.2) is 0 Å². The van der Waals surface area contributed by atoms with E-state index < -0.39 is 0 Å². The summed E-state index contributed by atoms with van der Waals surface area (Å²) in [6.07, 6.45) is 0.655. The molecule has 5 heteroatoms. The number of rotatable bonds is 4. The number of amides is 1. The Labute approximate surface area is 89.5 Å². The van der Waals surface area contributed by atoms with Crippen molar-refractivity contribution in [3.63, 3.8) is 0 Å². The van der Waals surface area contributed by atoms with Crippen LogP contribution in [0.25, 0.3) is 0 Å². The van der Waals surface area contributed by atoms with Crippen LogP contribution in [-0.4, -0.2) is 51.5 Å². The van der Waals surface area contributed by atoms with Crippen LogP contribution < -0.4 is 10.6 Å². The van der Waals surface area contributed by atoms with Gasteiger partial charge in [-0.05, 0) is 19.0 Å². The molecule has 15 heavy (non-hydrogen) atoms. The molecule has 2 saturated heterocycles. The molecule has 0 aromatic rings. The summed E-state index contributed by atoms with van der Waals surface area (Å²) >= 11 is 0. The maximum absolute atomic E-state index is 11.5. The summed E-state index contributed by atoms with van der Waals surface area (Å²) in [5.41, 5.74) is 0. The van der Waals surface area contributed by atoms with Gasteiger partial charge in [0.1, 0.15) is 0 Å². The third-order valence-corrected chi connectivity index (χ3v) is 2.75. The minimum atomic E-state index is 0.0298. The Kier molecular flexibility index (Phi) is 3.94. The second-order valence-corrected chi connectivity index (χ2v) is 4.10. The van der Waals surface area contributed by atoms with Crippen LogP contribution in [0.2, 0.25) is 0 Å². The van der Waals surface area contributed by atoms with E-state index in [1.807, 2.05) is 0 Å². The highest BCUT2D eigenvalue weighted by Crippen LogP contribution is 2.07. The lowest BCUT2D eigenvalue weighted by Gasteiger charge is -2.27. The Balaban J connectivity index is 1.57. The van der Waals surface area contributed by atoms with Gasteiger partial charge < -0.3 is 20.1 Å². The first-order valence-electron chi connectivity index (χ1n) is 5.51. The van der Waals surface area contributed by atoms with E-state index in [1.54, 1.807) is 0 Å². The molecule has 86 valence electrons. The Morgan fingerprint density at radius 2 is 2.27 bits per heavy atom. The highest BCUT2D eigenvalue weighted by molar-refractivity contribution is 5.76. The van der Waals surface area contributed by atoms with Crippen molar-refractivity contribution in [2.75, 3.05) is 39.5 Å². The average Bonchev–Trinajstić information content (AvgIpc) is 2.22. The molecule has 1 unspecified atom stereocenters. The molecular formula is C10H18N2O3. The van der Waals surface area contributed by atoms with Gasteiger partial charge in [-0.2, -0.15) is 0 Å². The molecule has 2 aliphatic heterocycles. The van der Waals surface area contributed by atoms with Crippen molar-refractivity contribution in [1.29, 1.82) is 0 Å². The quantitative estimate of drug-likeness (QED) is 0.638. The summed E-state index contributed by atoms with van der Waals surface area (Å²) in [6.45, 7) is 4.39. The van der Waals surface area contributed by atoms with Crippen LogP contribution >= 0.6 is 0 Å². The maximum atomic E-state index is 11.5. The molecule has 0 bridgehead atoms. The third-order valence-electron chi connectivity index (χ3n) is 2.75. The predicted molar refractivity (Wildman–Crippen MR) is 54.5 cm³/mol. The lowest BCUT2D eigenvalue weighted by Crippen LogP contribution is -2.46. The maximum Gasteiger partial charge on any atom is 0.220 e. The standard InChI is InChI=1S/C10H18N2O3/c13-10(3-8-4-11-5-8)12-6-9-7-14-1-2-15-9/h8-9,11H,1-7H2,(H,12,13). The number of carbonyl (C=O) groups excluding carboxylic acids is 1. The minimum absolute atomic E-state index is 0.0298. The molecule has 0 saturated carbocycles. The number of hydrogen-bond donors (Lipinski definition) is 2. The summed E-state index contributed by atoms with van der Waals surface area (Å²) in [4.78, 5) is 11.5. The van der Waals surface area contributed by atoms with Gasteiger partial charge in [-0.1, -0.05) is 0 Å². The molecule has 5 nitrogen and oxygen atoms in total. The fourth-order valence-corrected chi connectivity index (χ4v) is 1.71. The Hall–Kier alpha value is -0.650. The molecule has 0 aliphatic carbocycles. The summed E-state index contributed by atoms with van der Waals surface area (Å²) in [5, 5.41) is 6.03. The second-order valence-electron chi connectivity index (χ2n) is 4.10. The predicted octanol–water partition coefficient (Wildman–Crippen LogP) is -0.872. The van der Waals surface area contributed by atoms with E-state index in [0.29, 0.717) is 38.7 Å². The molecule has 2 rings (SSSR count). The van der Waals surface area contributed by atoms with Gasteiger partial charge in [0.2, 0.25) is 5.91 Å². The first kappa shape index (κ1) is 10.9. The van der Waals surface area contributed by atoms with Crippen molar-refractivity contribution in [1.82, 2.24) is 10.6 Å². The SMILES string of the molecule is O=C(CC1CNC1)NCC1COCCO1. The van der Waals surface area contributed by atoms with Gasteiger partial charge >= 0.3 is 0 Å². The molecule has 2 N–H and O–H groups in total. The Bertz CT molecular complexity index is 213. The highest BCUT2D eigenvalue weighted by atomic mass is 16.6. The average molecular weight is 214 g/mol. The fraction of sp³-hybridized carbons (Fsp3) is 0.900.